The van der Waals surface area contributed by atoms with E-state index in [1.165, 1.54) is 0 Å². The Morgan fingerprint density at radius 1 is 1.31 bits per heavy atom. The maximum Gasteiger partial charge on any atom is 0.147 e. The van der Waals surface area contributed by atoms with Gasteiger partial charge in [0.25, 0.3) is 0 Å². The summed E-state index contributed by atoms with van der Waals surface area (Å²) in [6, 6.07) is 0. The van der Waals surface area contributed by atoms with Crippen molar-refractivity contribution in [1.82, 2.24) is 16.0 Å². The number of aliphatic hydroxyl groups is 1. The van der Waals surface area contributed by atoms with Crippen molar-refractivity contribution >= 4 is 15.9 Å². The summed E-state index contributed by atoms with van der Waals surface area (Å²) in [5, 5.41) is 17.4. The number of ether oxygens (including phenoxy) is 1. The van der Waals surface area contributed by atoms with E-state index in [9.17, 15) is 0 Å². The lowest BCUT2D eigenvalue weighted by atomic mass is 10.3. The van der Waals surface area contributed by atoms with Gasteiger partial charge in [-0.05, 0) is 21.1 Å². The van der Waals surface area contributed by atoms with Gasteiger partial charge in [0, 0.05) is 0 Å². The first-order chi connectivity index (χ1) is 6.10. The molecule has 0 spiro atoms. The molecule has 0 aliphatic carbocycles. The van der Waals surface area contributed by atoms with Crippen LogP contribution in [0.2, 0.25) is 0 Å². The molecular formula is C7H18BrN3O2. The molecule has 80 valence electrons. The van der Waals surface area contributed by atoms with Crippen molar-refractivity contribution in [3.63, 3.8) is 0 Å². The summed E-state index contributed by atoms with van der Waals surface area (Å²) >= 11 is 2.98. The van der Waals surface area contributed by atoms with Gasteiger partial charge in [0.15, 0.2) is 0 Å². The second-order valence-electron chi connectivity index (χ2n) is 2.60. The Hall–Kier alpha value is 0.280. The molecule has 0 amide bonds. The highest BCUT2D eigenvalue weighted by atomic mass is 79.9. The minimum absolute atomic E-state index is 0.257. The lowest BCUT2D eigenvalue weighted by Gasteiger charge is -2.32. The van der Waals surface area contributed by atoms with Gasteiger partial charge < -0.3 is 9.84 Å². The van der Waals surface area contributed by atoms with E-state index < -0.39 is 10.8 Å². The molecule has 0 radical (unpaired) electrons. The molecule has 5 nitrogen and oxygen atoms in total. The summed E-state index contributed by atoms with van der Waals surface area (Å²) in [5.74, 6) is -0.443. The summed E-state index contributed by atoms with van der Waals surface area (Å²) in [6.07, 6.45) is 0. The molecule has 4 N–H and O–H groups in total. The van der Waals surface area contributed by atoms with E-state index in [0.717, 1.165) is 0 Å². The number of rotatable bonds is 7. The predicted molar refractivity (Wildman–Crippen MR) is 55.7 cm³/mol. The monoisotopic (exact) mass is 255 g/mol. The van der Waals surface area contributed by atoms with Gasteiger partial charge in [-0.3, -0.25) is 16.0 Å². The predicted octanol–water partition coefficient (Wildman–Crippen LogP) is -0.972. The van der Waals surface area contributed by atoms with Crippen molar-refractivity contribution in [2.75, 3.05) is 34.4 Å². The van der Waals surface area contributed by atoms with E-state index in [0.29, 0.717) is 6.61 Å². The average molecular weight is 256 g/mol. The first-order valence-corrected chi connectivity index (χ1v) is 4.98. The molecule has 0 saturated carbocycles. The third-order valence-corrected chi connectivity index (χ3v) is 2.12. The van der Waals surface area contributed by atoms with Crippen molar-refractivity contribution in [3.8, 4) is 0 Å². The van der Waals surface area contributed by atoms with E-state index in [1.807, 2.05) is 21.1 Å². The van der Waals surface area contributed by atoms with Crippen molar-refractivity contribution in [2.45, 2.75) is 10.8 Å². The number of aliphatic hydroxyl groups excluding tert-OH is 1. The fraction of sp³-hybridized carbons (Fsp3) is 1.00. The van der Waals surface area contributed by atoms with E-state index in [-0.39, 0.29) is 6.61 Å². The molecule has 0 rings (SSSR count). The Labute approximate surface area is 87.4 Å². The standard InChI is InChI=1S/C7H18BrN3O2/c1-9-7(10-2,11-3)5-13-4-6(8)12/h6,9-12H,4-5H2,1-3H3. The molecule has 1 unspecified atom stereocenters. The maximum atomic E-state index is 8.90. The highest BCUT2D eigenvalue weighted by Crippen LogP contribution is 1.98. The van der Waals surface area contributed by atoms with Gasteiger partial charge in [0.1, 0.15) is 10.8 Å². The molecule has 0 aromatic rings. The van der Waals surface area contributed by atoms with Crippen LogP contribution in [0.3, 0.4) is 0 Å². The fourth-order valence-corrected chi connectivity index (χ4v) is 1.09. The zero-order valence-corrected chi connectivity index (χ0v) is 9.81. The molecule has 0 fully saturated rings. The number of likely N-dealkylation sites (N-methyl/N-ethyl adjacent to an activating group) is 3. The van der Waals surface area contributed by atoms with Crippen LogP contribution in [-0.4, -0.2) is 50.3 Å². The smallest absolute Gasteiger partial charge is 0.147 e. The van der Waals surface area contributed by atoms with Gasteiger partial charge >= 0.3 is 0 Å². The van der Waals surface area contributed by atoms with Crippen LogP contribution < -0.4 is 16.0 Å². The minimum atomic E-state index is -0.615. The number of alkyl halides is 1. The largest absolute Gasteiger partial charge is 0.379 e. The molecule has 0 bridgehead atoms. The third-order valence-electron chi connectivity index (χ3n) is 1.85. The average Bonchev–Trinajstić information content (AvgIpc) is 2.13. The first-order valence-electron chi connectivity index (χ1n) is 4.07. The third kappa shape index (κ3) is 4.90. The van der Waals surface area contributed by atoms with Crippen LogP contribution in [0.1, 0.15) is 0 Å². The van der Waals surface area contributed by atoms with Crippen LogP contribution in [-0.2, 0) is 4.74 Å². The number of hydrogen-bond donors (Lipinski definition) is 4. The highest BCUT2D eigenvalue weighted by molar-refractivity contribution is 9.09. The zero-order chi connectivity index (χ0) is 10.3. The Morgan fingerprint density at radius 2 is 1.77 bits per heavy atom. The Kier molecular flexibility index (Phi) is 6.84. The zero-order valence-electron chi connectivity index (χ0n) is 8.22. The molecule has 0 aromatic carbocycles. The molecule has 0 saturated heterocycles. The van der Waals surface area contributed by atoms with Gasteiger partial charge in [-0.25, -0.2) is 0 Å². The maximum absolute atomic E-state index is 8.90. The molecule has 1 atom stereocenters. The van der Waals surface area contributed by atoms with Crippen molar-refractivity contribution < 1.29 is 9.84 Å². The van der Waals surface area contributed by atoms with E-state index in [1.54, 1.807) is 0 Å². The quantitative estimate of drug-likeness (QED) is 0.348. The Balaban J connectivity index is 3.81. The topological polar surface area (TPSA) is 65.5 Å². The van der Waals surface area contributed by atoms with Crippen LogP contribution in [0, 0.1) is 0 Å². The van der Waals surface area contributed by atoms with Crippen molar-refractivity contribution in [1.29, 1.82) is 0 Å². The summed E-state index contributed by atoms with van der Waals surface area (Å²) in [7, 11) is 5.46. The summed E-state index contributed by atoms with van der Waals surface area (Å²) < 4.78 is 5.25. The summed E-state index contributed by atoms with van der Waals surface area (Å²) in [6.45, 7) is 0.673. The number of halogens is 1. The van der Waals surface area contributed by atoms with Crippen LogP contribution in [0.25, 0.3) is 0 Å². The van der Waals surface area contributed by atoms with E-state index in [4.69, 9.17) is 9.84 Å². The molecule has 0 aliphatic rings. The molecular weight excluding hydrogens is 238 g/mol. The van der Waals surface area contributed by atoms with Crippen LogP contribution in [0.5, 0.6) is 0 Å². The van der Waals surface area contributed by atoms with Gasteiger partial charge in [-0.15, -0.1) is 0 Å². The molecule has 13 heavy (non-hydrogen) atoms. The van der Waals surface area contributed by atoms with Crippen molar-refractivity contribution in [3.05, 3.63) is 0 Å². The minimum Gasteiger partial charge on any atom is -0.379 e. The molecule has 0 aliphatic heterocycles. The van der Waals surface area contributed by atoms with Gasteiger partial charge in [0.05, 0.1) is 13.2 Å². The van der Waals surface area contributed by atoms with E-state index >= 15 is 0 Å². The Morgan fingerprint density at radius 3 is 2.08 bits per heavy atom. The van der Waals surface area contributed by atoms with E-state index in [2.05, 4.69) is 31.9 Å². The summed E-state index contributed by atoms with van der Waals surface area (Å²) in [4.78, 5) is 0. The lowest BCUT2D eigenvalue weighted by molar-refractivity contribution is 0.0197. The van der Waals surface area contributed by atoms with Crippen LogP contribution in [0.4, 0.5) is 0 Å². The van der Waals surface area contributed by atoms with Crippen LogP contribution >= 0.6 is 15.9 Å². The summed E-state index contributed by atoms with van der Waals surface area (Å²) in [5.41, 5.74) is 0. The normalized spacial score (nSPS) is 14.5. The number of nitrogens with one attached hydrogen (secondary N) is 3. The van der Waals surface area contributed by atoms with Crippen molar-refractivity contribution in [2.24, 2.45) is 0 Å². The number of hydrogen-bond acceptors (Lipinski definition) is 5. The molecule has 6 heteroatoms. The molecule has 0 aromatic heterocycles. The second kappa shape index (κ2) is 6.69. The van der Waals surface area contributed by atoms with Gasteiger partial charge in [-0.1, -0.05) is 15.9 Å². The van der Waals surface area contributed by atoms with Gasteiger partial charge in [0.2, 0.25) is 0 Å². The SMILES string of the molecule is CNC(COCC(O)Br)(NC)NC. The second-order valence-corrected chi connectivity index (χ2v) is 3.66. The highest BCUT2D eigenvalue weighted by Gasteiger charge is 2.23. The molecule has 0 heterocycles. The van der Waals surface area contributed by atoms with Gasteiger partial charge in [-0.2, -0.15) is 0 Å². The lowest BCUT2D eigenvalue weighted by Crippen LogP contribution is -2.66. The Bertz CT molecular complexity index is 123. The fourth-order valence-electron chi connectivity index (χ4n) is 0.901. The van der Waals surface area contributed by atoms with Crippen LogP contribution in [0.15, 0.2) is 0 Å². The first kappa shape index (κ1) is 13.3.